The Morgan fingerprint density at radius 1 is 1.48 bits per heavy atom. The second-order valence-corrected chi connectivity index (χ2v) is 5.88. The van der Waals surface area contributed by atoms with Crippen LogP contribution in [0.1, 0.15) is 24.2 Å². The molecule has 122 valence electrons. The summed E-state index contributed by atoms with van der Waals surface area (Å²) in [5, 5.41) is 0. The Hall–Kier alpha value is -2.27. The predicted octanol–water partition coefficient (Wildman–Crippen LogP) is 2.84. The van der Waals surface area contributed by atoms with E-state index >= 15 is 0 Å². The highest BCUT2D eigenvalue weighted by Gasteiger charge is 2.22. The van der Waals surface area contributed by atoms with Crippen LogP contribution >= 0.6 is 0 Å². The summed E-state index contributed by atoms with van der Waals surface area (Å²) in [7, 11) is 1.96. The van der Waals surface area contributed by atoms with Gasteiger partial charge in [0.05, 0.1) is 18.9 Å². The van der Waals surface area contributed by atoms with Gasteiger partial charge in [-0.2, -0.15) is 0 Å². The lowest BCUT2D eigenvalue weighted by Gasteiger charge is -2.23. The van der Waals surface area contributed by atoms with Crippen molar-refractivity contribution in [3.63, 3.8) is 0 Å². The molecule has 0 spiro atoms. The smallest absolute Gasteiger partial charge is 0.247 e. The number of ether oxygens (including phenoxy) is 1. The van der Waals surface area contributed by atoms with Crippen LogP contribution < -0.4 is 0 Å². The van der Waals surface area contributed by atoms with Crippen LogP contribution in [0.3, 0.4) is 0 Å². The fraction of sp³-hybridized carbons (Fsp3) is 0.389. The van der Waals surface area contributed by atoms with Gasteiger partial charge < -0.3 is 18.6 Å². The van der Waals surface area contributed by atoms with Gasteiger partial charge in [0.25, 0.3) is 0 Å². The fourth-order valence-electron chi connectivity index (χ4n) is 2.75. The molecule has 0 aliphatic carbocycles. The second kappa shape index (κ2) is 7.33. The lowest BCUT2D eigenvalue weighted by Crippen LogP contribution is -2.35. The van der Waals surface area contributed by atoms with Gasteiger partial charge in [-0.3, -0.25) is 4.79 Å². The minimum absolute atomic E-state index is 0.0271. The topological polar surface area (TPSA) is 47.6 Å². The SMILES string of the molecule is Cn1ccc(/C=C\C(=O)N(Cc2ccco2)CC2CCCO2)c1. The van der Waals surface area contributed by atoms with Gasteiger partial charge in [-0.05, 0) is 42.7 Å². The average molecular weight is 314 g/mol. The zero-order valence-electron chi connectivity index (χ0n) is 13.4. The Labute approximate surface area is 136 Å². The molecule has 1 aliphatic heterocycles. The molecule has 5 nitrogen and oxygen atoms in total. The first kappa shape index (κ1) is 15.6. The standard InChI is InChI=1S/C18H22N2O3/c1-19-9-8-15(12-19)6-7-18(21)20(13-16-4-2-10-22-16)14-17-5-3-11-23-17/h2,4,6-10,12,17H,3,5,11,13-14H2,1H3/b7-6-. The first-order valence-electron chi connectivity index (χ1n) is 7.93. The summed E-state index contributed by atoms with van der Waals surface area (Å²) in [4.78, 5) is 14.4. The molecule has 3 heterocycles. The first-order chi connectivity index (χ1) is 11.2. The van der Waals surface area contributed by atoms with Crippen LogP contribution in [-0.4, -0.2) is 34.6 Å². The lowest BCUT2D eigenvalue weighted by atomic mass is 10.2. The van der Waals surface area contributed by atoms with Crippen molar-refractivity contribution in [3.8, 4) is 0 Å². The van der Waals surface area contributed by atoms with E-state index < -0.39 is 0 Å². The van der Waals surface area contributed by atoms with E-state index in [1.165, 1.54) is 0 Å². The number of furan rings is 1. The number of amides is 1. The van der Waals surface area contributed by atoms with Crippen LogP contribution in [0.25, 0.3) is 6.08 Å². The number of hydrogen-bond donors (Lipinski definition) is 0. The summed E-state index contributed by atoms with van der Waals surface area (Å²) < 4.78 is 13.0. The molecule has 0 bridgehead atoms. The first-order valence-corrected chi connectivity index (χ1v) is 7.93. The minimum atomic E-state index is -0.0271. The van der Waals surface area contributed by atoms with Gasteiger partial charge in [0.15, 0.2) is 0 Å². The molecule has 1 atom stereocenters. The quantitative estimate of drug-likeness (QED) is 0.770. The van der Waals surface area contributed by atoms with Gasteiger partial charge in [-0.25, -0.2) is 0 Å². The van der Waals surface area contributed by atoms with Gasteiger partial charge >= 0.3 is 0 Å². The summed E-state index contributed by atoms with van der Waals surface area (Å²) in [5.41, 5.74) is 1.01. The molecule has 3 rings (SSSR count). The number of aromatic nitrogens is 1. The highest BCUT2D eigenvalue weighted by molar-refractivity contribution is 5.91. The molecule has 1 amide bonds. The minimum Gasteiger partial charge on any atom is -0.467 e. The normalized spacial score (nSPS) is 17.9. The Morgan fingerprint density at radius 2 is 2.39 bits per heavy atom. The van der Waals surface area contributed by atoms with E-state index in [2.05, 4.69) is 0 Å². The number of carbonyl (C=O) groups excluding carboxylic acids is 1. The van der Waals surface area contributed by atoms with Crippen molar-refractivity contribution in [2.24, 2.45) is 7.05 Å². The van der Waals surface area contributed by atoms with Crippen molar-refractivity contribution in [2.75, 3.05) is 13.2 Å². The van der Waals surface area contributed by atoms with Crippen molar-refractivity contribution in [2.45, 2.75) is 25.5 Å². The van der Waals surface area contributed by atoms with Crippen LogP contribution in [-0.2, 0) is 23.1 Å². The van der Waals surface area contributed by atoms with Gasteiger partial charge in [0, 0.05) is 38.7 Å². The highest BCUT2D eigenvalue weighted by Crippen LogP contribution is 2.16. The number of aryl methyl sites for hydroxylation is 1. The summed E-state index contributed by atoms with van der Waals surface area (Å²) in [6, 6.07) is 5.70. The van der Waals surface area contributed by atoms with Crippen molar-refractivity contribution >= 4 is 12.0 Å². The van der Waals surface area contributed by atoms with E-state index in [0.29, 0.717) is 13.1 Å². The third kappa shape index (κ3) is 4.36. The maximum atomic E-state index is 12.6. The molecule has 0 aromatic carbocycles. The highest BCUT2D eigenvalue weighted by atomic mass is 16.5. The van der Waals surface area contributed by atoms with E-state index in [-0.39, 0.29) is 12.0 Å². The molecule has 2 aromatic rings. The van der Waals surface area contributed by atoms with E-state index in [1.54, 1.807) is 17.2 Å². The summed E-state index contributed by atoms with van der Waals surface area (Å²) in [6.07, 6.45) is 11.2. The zero-order chi connectivity index (χ0) is 16.1. The molecule has 1 saturated heterocycles. The Bertz CT molecular complexity index is 652. The molecule has 1 unspecified atom stereocenters. The molecule has 23 heavy (non-hydrogen) atoms. The molecule has 1 aliphatic rings. The summed E-state index contributed by atoms with van der Waals surface area (Å²) >= 11 is 0. The van der Waals surface area contributed by atoms with Crippen LogP contribution in [0, 0.1) is 0 Å². The molecule has 2 aromatic heterocycles. The number of nitrogens with zero attached hydrogens (tertiary/aromatic N) is 2. The van der Waals surface area contributed by atoms with Crippen LogP contribution in [0.5, 0.6) is 0 Å². The van der Waals surface area contributed by atoms with Crippen LogP contribution in [0.2, 0.25) is 0 Å². The van der Waals surface area contributed by atoms with E-state index in [1.807, 2.05) is 48.3 Å². The largest absolute Gasteiger partial charge is 0.467 e. The second-order valence-electron chi connectivity index (χ2n) is 5.88. The van der Waals surface area contributed by atoms with Gasteiger partial charge in [0.1, 0.15) is 5.76 Å². The molecule has 0 radical (unpaired) electrons. The fourth-order valence-corrected chi connectivity index (χ4v) is 2.75. The van der Waals surface area contributed by atoms with E-state index in [0.717, 1.165) is 30.8 Å². The third-order valence-corrected chi connectivity index (χ3v) is 3.96. The third-order valence-electron chi connectivity index (χ3n) is 3.96. The molecule has 1 fully saturated rings. The predicted molar refractivity (Wildman–Crippen MR) is 87.5 cm³/mol. The maximum absolute atomic E-state index is 12.6. The van der Waals surface area contributed by atoms with Gasteiger partial charge in [-0.1, -0.05) is 0 Å². The van der Waals surface area contributed by atoms with Gasteiger partial charge in [0.2, 0.25) is 5.91 Å². The van der Waals surface area contributed by atoms with Crippen LogP contribution in [0.15, 0.2) is 47.3 Å². The molecular formula is C18H22N2O3. The summed E-state index contributed by atoms with van der Waals surface area (Å²) in [5.74, 6) is 0.755. The number of hydrogen-bond acceptors (Lipinski definition) is 3. The molecule has 0 saturated carbocycles. The van der Waals surface area contributed by atoms with Crippen molar-refractivity contribution in [1.29, 1.82) is 0 Å². The molecule has 5 heteroatoms. The Balaban J connectivity index is 1.67. The van der Waals surface area contributed by atoms with Crippen LogP contribution in [0.4, 0.5) is 0 Å². The van der Waals surface area contributed by atoms with Gasteiger partial charge in [-0.15, -0.1) is 0 Å². The van der Waals surface area contributed by atoms with E-state index in [4.69, 9.17) is 9.15 Å². The molecular weight excluding hydrogens is 292 g/mol. The Morgan fingerprint density at radius 3 is 3.04 bits per heavy atom. The van der Waals surface area contributed by atoms with Crippen molar-refractivity contribution in [3.05, 3.63) is 54.3 Å². The average Bonchev–Trinajstić information content (AvgIpc) is 3.27. The monoisotopic (exact) mass is 314 g/mol. The summed E-state index contributed by atoms with van der Waals surface area (Å²) in [6.45, 7) is 1.84. The van der Waals surface area contributed by atoms with Crippen molar-refractivity contribution < 1.29 is 13.9 Å². The zero-order valence-corrected chi connectivity index (χ0v) is 13.4. The van der Waals surface area contributed by atoms with E-state index in [9.17, 15) is 4.79 Å². The lowest BCUT2D eigenvalue weighted by molar-refractivity contribution is -0.128. The maximum Gasteiger partial charge on any atom is 0.247 e. The van der Waals surface area contributed by atoms with Crippen molar-refractivity contribution in [1.82, 2.24) is 9.47 Å². The molecule has 0 N–H and O–H groups in total. The number of carbonyl (C=O) groups is 1. The number of rotatable bonds is 6. The Kier molecular flexibility index (Phi) is 4.98.